The van der Waals surface area contributed by atoms with Crippen LogP contribution in [-0.2, 0) is 7.05 Å². The monoisotopic (exact) mass is 406 g/mol. The number of fused-ring (bicyclic) bond motifs is 3. The van der Waals surface area contributed by atoms with E-state index in [9.17, 15) is 4.79 Å². The van der Waals surface area contributed by atoms with Crippen LogP contribution in [0.5, 0.6) is 0 Å². The molecule has 146 valence electrons. The number of rotatable bonds is 2. The largest absolute Gasteiger partial charge is 0.368 e. The smallest absolute Gasteiger partial charge is 0.293 e. The SMILES string of the molecule is Cn1c2ccccc2c2nnc(C(=O)N3CCN(c4ccc(Cl)cc4)CC3)nc21. The Labute approximate surface area is 172 Å². The molecule has 0 aliphatic carbocycles. The minimum atomic E-state index is -0.180. The second-order valence-corrected chi connectivity index (χ2v) is 7.58. The molecular weight excluding hydrogens is 388 g/mol. The van der Waals surface area contributed by atoms with Crippen LogP contribution in [0.1, 0.15) is 10.6 Å². The number of para-hydroxylation sites is 1. The maximum atomic E-state index is 13.0. The van der Waals surface area contributed by atoms with Gasteiger partial charge in [-0.1, -0.05) is 29.8 Å². The molecule has 4 aromatic rings. The van der Waals surface area contributed by atoms with Crippen LogP contribution in [0.4, 0.5) is 5.69 Å². The number of carbonyl (C=O) groups is 1. The van der Waals surface area contributed by atoms with Gasteiger partial charge in [-0.3, -0.25) is 4.79 Å². The summed E-state index contributed by atoms with van der Waals surface area (Å²) in [6.07, 6.45) is 0. The van der Waals surface area contributed by atoms with E-state index in [0.29, 0.717) is 24.3 Å². The van der Waals surface area contributed by atoms with E-state index >= 15 is 0 Å². The lowest BCUT2D eigenvalue weighted by Gasteiger charge is -2.35. The van der Waals surface area contributed by atoms with Crippen molar-refractivity contribution < 1.29 is 4.79 Å². The molecule has 0 N–H and O–H groups in total. The minimum Gasteiger partial charge on any atom is -0.368 e. The molecule has 0 unspecified atom stereocenters. The number of hydrogen-bond acceptors (Lipinski definition) is 5. The van der Waals surface area contributed by atoms with Crippen LogP contribution in [0.15, 0.2) is 48.5 Å². The predicted molar refractivity (Wildman–Crippen MR) is 113 cm³/mol. The van der Waals surface area contributed by atoms with Gasteiger partial charge in [-0.15, -0.1) is 10.2 Å². The molecule has 2 aromatic heterocycles. The molecule has 1 fully saturated rings. The first-order valence-electron chi connectivity index (χ1n) is 9.49. The summed E-state index contributed by atoms with van der Waals surface area (Å²) in [5.74, 6) is -0.0382. The molecule has 1 aliphatic heterocycles. The Morgan fingerprint density at radius 2 is 1.69 bits per heavy atom. The van der Waals surface area contributed by atoms with Gasteiger partial charge in [-0.05, 0) is 30.3 Å². The molecule has 0 atom stereocenters. The fraction of sp³-hybridized carbons (Fsp3) is 0.238. The van der Waals surface area contributed by atoms with E-state index in [0.717, 1.165) is 34.7 Å². The van der Waals surface area contributed by atoms with Crippen LogP contribution in [-0.4, -0.2) is 56.7 Å². The Bertz CT molecular complexity index is 1210. The topological polar surface area (TPSA) is 67.2 Å². The first-order valence-corrected chi connectivity index (χ1v) is 9.87. The zero-order valence-corrected chi connectivity index (χ0v) is 16.7. The predicted octanol–water partition coefficient (Wildman–Crippen LogP) is 3.13. The van der Waals surface area contributed by atoms with Gasteiger partial charge in [0.1, 0.15) is 5.52 Å². The Morgan fingerprint density at radius 3 is 2.45 bits per heavy atom. The Kier molecular flexibility index (Phi) is 4.32. The average Bonchev–Trinajstić information content (AvgIpc) is 3.06. The van der Waals surface area contributed by atoms with Crippen LogP contribution < -0.4 is 4.90 Å². The van der Waals surface area contributed by atoms with Gasteiger partial charge in [0, 0.05) is 49.3 Å². The molecule has 1 amide bonds. The van der Waals surface area contributed by atoms with Gasteiger partial charge in [0.2, 0.25) is 5.82 Å². The average molecular weight is 407 g/mol. The molecule has 8 heteroatoms. The van der Waals surface area contributed by atoms with E-state index in [1.54, 1.807) is 4.90 Å². The number of carbonyl (C=O) groups excluding carboxylic acids is 1. The summed E-state index contributed by atoms with van der Waals surface area (Å²) in [6.45, 7) is 2.71. The van der Waals surface area contributed by atoms with Crippen molar-refractivity contribution in [1.82, 2.24) is 24.6 Å². The molecule has 1 aliphatic rings. The van der Waals surface area contributed by atoms with E-state index in [2.05, 4.69) is 20.1 Å². The summed E-state index contributed by atoms with van der Waals surface area (Å²) < 4.78 is 1.95. The van der Waals surface area contributed by atoms with Crippen LogP contribution in [0, 0.1) is 0 Å². The molecular formula is C21H19ClN6O. The van der Waals surface area contributed by atoms with Gasteiger partial charge < -0.3 is 14.4 Å². The molecule has 7 nitrogen and oxygen atoms in total. The molecule has 0 bridgehead atoms. The third-order valence-electron chi connectivity index (χ3n) is 5.46. The van der Waals surface area contributed by atoms with E-state index in [4.69, 9.17) is 11.6 Å². The fourth-order valence-corrected chi connectivity index (χ4v) is 3.98. The van der Waals surface area contributed by atoms with Gasteiger partial charge in [0.05, 0.1) is 5.52 Å². The quantitative estimate of drug-likeness (QED) is 0.511. The number of benzene rings is 2. The molecule has 3 heterocycles. The standard InChI is InChI=1S/C21H19ClN6O/c1-26-17-5-3-2-4-16(17)18-20(26)23-19(25-24-18)21(29)28-12-10-27(11-13-28)15-8-6-14(22)7-9-15/h2-9H,10-13H2,1H3. The number of amides is 1. The van der Waals surface area contributed by atoms with E-state index in [-0.39, 0.29) is 11.7 Å². The number of piperazine rings is 1. The van der Waals surface area contributed by atoms with Gasteiger partial charge in [-0.2, -0.15) is 0 Å². The maximum Gasteiger partial charge on any atom is 0.293 e. The molecule has 5 rings (SSSR count). The van der Waals surface area contributed by atoms with Crippen molar-refractivity contribution in [3.05, 3.63) is 59.4 Å². The Hall–Kier alpha value is -3.19. The summed E-state index contributed by atoms with van der Waals surface area (Å²) in [5.41, 5.74) is 3.51. The van der Waals surface area contributed by atoms with Gasteiger partial charge in [0.15, 0.2) is 5.65 Å². The van der Waals surface area contributed by atoms with Crippen molar-refractivity contribution in [1.29, 1.82) is 0 Å². The van der Waals surface area contributed by atoms with Gasteiger partial charge in [-0.25, -0.2) is 4.98 Å². The normalized spacial score (nSPS) is 14.7. The molecule has 1 saturated heterocycles. The summed E-state index contributed by atoms with van der Waals surface area (Å²) in [6, 6.07) is 15.7. The van der Waals surface area contributed by atoms with E-state index < -0.39 is 0 Å². The van der Waals surface area contributed by atoms with Crippen LogP contribution in [0.3, 0.4) is 0 Å². The van der Waals surface area contributed by atoms with Gasteiger partial charge >= 0.3 is 0 Å². The minimum absolute atomic E-state index is 0.142. The number of halogens is 1. The van der Waals surface area contributed by atoms with Crippen molar-refractivity contribution in [2.75, 3.05) is 31.1 Å². The number of hydrogen-bond donors (Lipinski definition) is 0. The molecule has 0 spiro atoms. The summed E-state index contributed by atoms with van der Waals surface area (Å²) in [4.78, 5) is 21.5. The zero-order valence-electron chi connectivity index (χ0n) is 15.9. The number of aryl methyl sites for hydroxylation is 1. The lowest BCUT2D eigenvalue weighted by Crippen LogP contribution is -2.49. The number of nitrogens with zero attached hydrogens (tertiary/aromatic N) is 6. The molecule has 0 saturated carbocycles. The summed E-state index contributed by atoms with van der Waals surface area (Å²) in [7, 11) is 1.93. The van der Waals surface area contributed by atoms with Gasteiger partial charge in [0.25, 0.3) is 5.91 Å². The number of anilines is 1. The molecule has 2 aromatic carbocycles. The van der Waals surface area contributed by atoms with Crippen molar-refractivity contribution in [2.24, 2.45) is 7.05 Å². The van der Waals surface area contributed by atoms with Crippen molar-refractivity contribution in [2.45, 2.75) is 0 Å². The van der Waals surface area contributed by atoms with Crippen LogP contribution in [0.2, 0.25) is 5.02 Å². The summed E-state index contributed by atoms with van der Waals surface area (Å²) in [5, 5.41) is 10.2. The Morgan fingerprint density at radius 1 is 0.966 bits per heavy atom. The highest BCUT2D eigenvalue weighted by atomic mass is 35.5. The number of aromatic nitrogens is 4. The highest BCUT2D eigenvalue weighted by molar-refractivity contribution is 6.30. The lowest BCUT2D eigenvalue weighted by molar-refractivity contribution is 0.0733. The van der Waals surface area contributed by atoms with Crippen molar-refractivity contribution in [3.8, 4) is 0 Å². The highest BCUT2D eigenvalue weighted by Crippen LogP contribution is 2.25. The van der Waals surface area contributed by atoms with Crippen molar-refractivity contribution >= 4 is 45.3 Å². The second kappa shape index (κ2) is 7.00. The highest BCUT2D eigenvalue weighted by Gasteiger charge is 2.25. The maximum absolute atomic E-state index is 13.0. The zero-order chi connectivity index (χ0) is 20.0. The first-order chi connectivity index (χ1) is 14.1. The van der Waals surface area contributed by atoms with Crippen LogP contribution in [0.25, 0.3) is 22.1 Å². The fourth-order valence-electron chi connectivity index (χ4n) is 3.86. The summed E-state index contributed by atoms with van der Waals surface area (Å²) >= 11 is 5.97. The van der Waals surface area contributed by atoms with Crippen LogP contribution >= 0.6 is 11.6 Å². The van der Waals surface area contributed by atoms with Crippen molar-refractivity contribution in [3.63, 3.8) is 0 Å². The van der Waals surface area contributed by atoms with E-state index in [1.807, 2.05) is 60.1 Å². The lowest BCUT2D eigenvalue weighted by atomic mass is 10.2. The third kappa shape index (κ3) is 3.07. The molecule has 29 heavy (non-hydrogen) atoms. The second-order valence-electron chi connectivity index (χ2n) is 7.14. The first kappa shape index (κ1) is 17.9. The molecule has 0 radical (unpaired) electrons. The Balaban J connectivity index is 1.37. The third-order valence-corrected chi connectivity index (χ3v) is 5.71. The van der Waals surface area contributed by atoms with E-state index in [1.165, 1.54) is 0 Å².